The van der Waals surface area contributed by atoms with Crippen LogP contribution in [0.15, 0.2) is 12.1 Å². The van der Waals surface area contributed by atoms with Gasteiger partial charge in [0.25, 0.3) is 0 Å². The van der Waals surface area contributed by atoms with Gasteiger partial charge in [-0.3, -0.25) is 4.79 Å². The highest BCUT2D eigenvalue weighted by Gasteiger charge is 2.20. The molecule has 1 aromatic carbocycles. The van der Waals surface area contributed by atoms with Crippen LogP contribution in [0.25, 0.3) is 0 Å². The number of carbonyl (C=O) groups is 2. The van der Waals surface area contributed by atoms with Crippen LogP contribution in [0.5, 0.6) is 17.2 Å². The molecule has 98 valence electrons. The van der Waals surface area contributed by atoms with Crippen LogP contribution in [0.2, 0.25) is 0 Å². The Balaban J connectivity index is 2.83. The normalized spacial score (nSPS) is 10.2. The zero-order chi connectivity index (χ0) is 13.9. The summed E-state index contributed by atoms with van der Waals surface area (Å²) < 4.78 is 4.63. The minimum atomic E-state index is -1.11. The molecule has 18 heavy (non-hydrogen) atoms. The van der Waals surface area contributed by atoms with Gasteiger partial charge in [0.15, 0.2) is 11.5 Å². The van der Waals surface area contributed by atoms with E-state index in [9.17, 15) is 19.8 Å². The van der Waals surface area contributed by atoms with Gasteiger partial charge >= 0.3 is 11.9 Å². The van der Waals surface area contributed by atoms with E-state index in [2.05, 4.69) is 4.74 Å². The van der Waals surface area contributed by atoms with E-state index in [0.717, 1.165) is 12.1 Å². The maximum absolute atomic E-state index is 11.4. The second-order valence-electron chi connectivity index (χ2n) is 3.74. The number of aromatic hydroxyl groups is 3. The maximum atomic E-state index is 11.4. The van der Waals surface area contributed by atoms with Gasteiger partial charge in [-0.1, -0.05) is 0 Å². The zero-order valence-electron chi connectivity index (χ0n) is 9.80. The summed E-state index contributed by atoms with van der Waals surface area (Å²) in [5, 5.41) is 29.8. The predicted octanol–water partition coefficient (Wildman–Crippen LogP) is 0.693. The van der Waals surface area contributed by atoms with Gasteiger partial charge < -0.3 is 25.4 Å². The van der Waals surface area contributed by atoms with E-state index in [-0.39, 0.29) is 5.69 Å². The van der Waals surface area contributed by atoms with Crippen molar-refractivity contribution in [2.24, 2.45) is 0 Å². The fraction of sp³-hybridized carbons (Fsp3) is 0.273. The molecule has 0 saturated heterocycles. The number of esters is 1. The van der Waals surface area contributed by atoms with E-state index in [1.807, 2.05) is 5.32 Å². The molecule has 7 heteroatoms. The predicted molar refractivity (Wildman–Crippen MR) is 61.3 cm³/mol. The highest BCUT2D eigenvalue weighted by atomic mass is 16.5. The summed E-state index contributed by atoms with van der Waals surface area (Å²) in [6, 6.07) is 2.18. The average molecular weight is 255 g/mol. The highest BCUT2D eigenvalue weighted by Crippen LogP contribution is 2.39. The Bertz CT molecular complexity index is 483. The summed E-state index contributed by atoms with van der Waals surface area (Å²) in [6.07, 6.45) is -0.454. The molecule has 0 aliphatic rings. The first-order valence-corrected chi connectivity index (χ1v) is 5.08. The van der Waals surface area contributed by atoms with Crippen molar-refractivity contribution in [2.45, 2.75) is 20.0 Å². The van der Waals surface area contributed by atoms with Crippen LogP contribution in [0, 0.1) is 0 Å². The SMILES string of the molecule is CC(C)OC(=O)C(=O)Nc1ccc(O)c(O)c1O. The van der Waals surface area contributed by atoms with Crippen molar-refractivity contribution < 1.29 is 29.6 Å². The second kappa shape index (κ2) is 5.26. The van der Waals surface area contributed by atoms with Gasteiger partial charge in [0, 0.05) is 0 Å². The van der Waals surface area contributed by atoms with Crippen molar-refractivity contribution in [3.05, 3.63) is 12.1 Å². The summed E-state index contributed by atoms with van der Waals surface area (Å²) in [4.78, 5) is 22.5. The number of carbonyl (C=O) groups excluding carboxylic acids is 2. The first-order valence-electron chi connectivity index (χ1n) is 5.08. The van der Waals surface area contributed by atoms with E-state index < -0.39 is 35.2 Å². The number of phenols is 3. The van der Waals surface area contributed by atoms with Crippen molar-refractivity contribution in [3.8, 4) is 17.2 Å². The molecule has 1 rings (SSSR count). The van der Waals surface area contributed by atoms with Crippen LogP contribution in [-0.4, -0.2) is 33.3 Å². The molecular weight excluding hydrogens is 242 g/mol. The number of amides is 1. The number of benzene rings is 1. The number of rotatable bonds is 2. The maximum Gasteiger partial charge on any atom is 0.397 e. The summed E-state index contributed by atoms with van der Waals surface area (Å²) in [7, 11) is 0. The van der Waals surface area contributed by atoms with Crippen molar-refractivity contribution in [2.75, 3.05) is 5.32 Å². The van der Waals surface area contributed by atoms with Crippen LogP contribution in [0.3, 0.4) is 0 Å². The van der Waals surface area contributed by atoms with Crippen LogP contribution in [0.4, 0.5) is 5.69 Å². The van der Waals surface area contributed by atoms with Gasteiger partial charge in [0.05, 0.1) is 11.8 Å². The largest absolute Gasteiger partial charge is 0.504 e. The van der Waals surface area contributed by atoms with Crippen molar-refractivity contribution in [1.82, 2.24) is 0 Å². The molecule has 4 N–H and O–H groups in total. The first-order chi connectivity index (χ1) is 8.32. The molecule has 0 unspecified atom stereocenters. The third-order valence-corrected chi connectivity index (χ3v) is 1.91. The Hall–Kier alpha value is -2.44. The standard InChI is InChI=1S/C11H13NO6/c1-5(2)18-11(17)10(16)12-6-3-4-7(13)9(15)8(6)14/h3-5,13-15H,1-2H3,(H,12,16). The third kappa shape index (κ3) is 3.03. The lowest BCUT2D eigenvalue weighted by molar-refractivity contribution is -0.155. The first kappa shape index (κ1) is 13.6. The molecule has 0 bridgehead atoms. The Kier molecular flexibility index (Phi) is 3.98. The lowest BCUT2D eigenvalue weighted by Gasteiger charge is -2.10. The van der Waals surface area contributed by atoms with E-state index in [0.29, 0.717) is 0 Å². The Morgan fingerprint density at radius 2 is 1.78 bits per heavy atom. The molecule has 0 aliphatic carbocycles. The van der Waals surface area contributed by atoms with E-state index in [1.165, 1.54) is 0 Å². The summed E-state index contributed by atoms with van der Waals surface area (Å²) in [6.45, 7) is 3.16. The fourth-order valence-electron chi connectivity index (χ4n) is 1.11. The molecule has 0 saturated carbocycles. The van der Waals surface area contributed by atoms with Gasteiger partial charge in [-0.2, -0.15) is 0 Å². The number of hydrogen-bond donors (Lipinski definition) is 4. The topological polar surface area (TPSA) is 116 Å². The Morgan fingerprint density at radius 1 is 1.17 bits per heavy atom. The van der Waals surface area contributed by atoms with Gasteiger partial charge in [0.2, 0.25) is 5.75 Å². The lowest BCUT2D eigenvalue weighted by atomic mass is 10.2. The zero-order valence-corrected chi connectivity index (χ0v) is 9.80. The molecule has 0 atom stereocenters. The van der Waals surface area contributed by atoms with Gasteiger partial charge in [-0.25, -0.2) is 4.79 Å². The molecule has 1 aromatic rings. The second-order valence-corrected chi connectivity index (χ2v) is 3.74. The highest BCUT2D eigenvalue weighted by molar-refractivity contribution is 6.37. The van der Waals surface area contributed by atoms with Gasteiger partial charge in [0.1, 0.15) is 0 Å². The number of hydrogen-bond acceptors (Lipinski definition) is 6. The van der Waals surface area contributed by atoms with Gasteiger partial charge in [-0.05, 0) is 26.0 Å². The fourth-order valence-corrected chi connectivity index (χ4v) is 1.11. The molecule has 7 nitrogen and oxygen atoms in total. The molecule has 0 fully saturated rings. The molecular formula is C11H13NO6. The minimum absolute atomic E-state index is 0.212. The molecule has 0 heterocycles. The third-order valence-electron chi connectivity index (χ3n) is 1.91. The van der Waals surface area contributed by atoms with Crippen molar-refractivity contribution >= 4 is 17.6 Å². The van der Waals surface area contributed by atoms with E-state index >= 15 is 0 Å². The molecule has 0 radical (unpaired) electrons. The van der Waals surface area contributed by atoms with Crippen LogP contribution in [-0.2, 0) is 14.3 Å². The van der Waals surface area contributed by atoms with Crippen molar-refractivity contribution in [1.29, 1.82) is 0 Å². The van der Waals surface area contributed by atoms with E-state index in [4.69, 9.17) is 5.11 Å². The van der Waals surface area contributed by atoms with E-state index in [1.54, 1.807) is 13.8 Å². The van der Waals surface area contributed by atoms with Crippen LogP contribution in [0.1, 0.15) is 13.8 Å². The quantitative estimate of drug-likeness (QED) is 0.267. The van der Waals surface area contributed by atoms with Crippen LogP contribution < -0.4 is 5.32 Å². The van der Waals surface area contributed by atoms with Gasteiger partial charge in [-0.15, -0.1) is 0 Å². The summed E-state index contributed by atoms with van der Waals surface area (Å²) >= 11 is 0. The molecule has 0 spiro atoms. The van der Waals surface area contributed by atoms with Crippen molar-refractivity contribution in [3.63, 3.8) is 0 Å². The Labute approximate surface area is 103 Å². The summed E-state index contributed by atoms with van der Waals surface area (Å²) in [5.74, 6) is -4.28. The molecule has 0 aromatic heterocycles. The summed E-state index contributed by atoms with van der Waals surface area (Å²) in [5.41, 5.74) is -0.212. The average Bonchev–Trinajstić information content (AvgIpc) is 2.29. The number of phenolic OH excluding ortho intramolecular Hbond substituents is 3. The number of anilines is 1. The number of nitrogens with one attached hydrogen (secondary N) is 1. The lowest BCUT2D eigenvalue weighted by Crippen LogP contribution is -2.27. The Morgan fingerprint density at radius 3 is 2.33 bits per heavy atom. The minimum Gasteiger partial charge on any atom is -0.504 e. The molecule has 0 aliphatic heterocycles. The smallest absolute Gasteiger partial charge is 0.397 e. The monoisotopic (exact) mass is 255 g/mol. The molecule has 1 amide bonds. The number of ether oxygens (including phenoxy) is 1. The van der Waals surface area contributed by atoms with Crippen LogP contribution >= 0.6 is 0 Å².